The Morgan fingerprint density at radius 3 is 2.73 bits per heavy atom. The highest BCUT2D eigenvalue weighted by molar-refractivity contribution is 5.93. The minimum absolute atomic E-state index is 0.687. The zero-order valence-electron chi connectivity index (χ0n) is 15.6. The lowest BCUT2D eigenvalue weighted by atomic mass is 10.2. The first-order valence-electron chi connectivity index (χ1n) is 9.60. The minimum Gasteiger partial charge on any atom is -0.490 e. The molecule has 0 spiro atoms. The quantitative estimate of drug-likeness (QED) is 0.458. The van der Waals surface area contributed by atoms with Crippen LogP contribution in [0, 0.1) is 0 Å². The van der Waals surface area contributed by atoms with Crippen LogP contribution in [0.15, 0.2) is 23.2 Å². The summed E-state index contributed by atoms with van der Waals surface area (Å²) >= 11 is 0. The lowest BCUT2D eigenvalue weighted by molar-refractivity contribution is 0.0377. The van der Waals surface area contributed by atoms with Crippen LogP contribution in [-0.4, -0.2) is 70.0 Å². The molecule has 2 heterocycles. The number of nitrogens with one attached hydrogen (secondary N) is 2. The Labute approximate surface area is 155 Å². The molecule has 7 nitrogen and oxygen atoms in total. The van der Waals surface area contributed by atoms with Gasteiger partial charge in [-0.15, -0.1) is 0 Å². The van der Waals surface area contributed by atoms with Crippen LogP contribution in [0.1, 0.15) is 19.8 Å². The lowest BCUT2D eigenvalue weighted by Gasteiger charge is -2.26. The Morgan fingerprint density at radius 2 is 1.92 bits per heavy atom. The lowest BCUT2D eigenvalue weighted by Crippen LogP contribution is -2.37. The number of aliphatic imine (C=N–C) groups is 1. The van der Waals surface area contributed by atoms with Crippen molar-refractivity contribution in [2.45, 2.75) is 19.8 Å². The summed E-state index contributed by atoms with van der Waals surface area (Å²) in [5.41, 5.74) is 0.946. The first-order valence-corrected chi connectivity index (χ1v) is 9.60. The molecule has 0 bridgehead atoms. The molecular formula is C19H30N4O3. The molecule has 1 aromatic rings. The average Bonchev–Trinajstić information content (AvgIpc) is 2.91. The SMILES string of the molecule is CCNC(=NCCCN1CCOCC1)Nc1ccc2c(c1)OCCCO2. The molecule has 1 saturated heterocycles. The van der Waals surface area contributed by atoms with Crippen molar-refractivity contribution in [2.75, 3.05) is 64.5 Å². The third-order valence-electron chi connectivity index (χ3n) is 4.36. The third kappa shape index (κ3) is 5.78. The van der Waals surface area contributed by atoms with Crippen molar-refractivity contribution in [1.82, 2.24) is 10.2 Å². The molecule has 2 N–H and O–H groups in total. The predicted molar refractivity (Wildman–Crippen MR) is 104 cm³/mol. The predicted octanol–water partition coefficient (Wildman–Crippen LogP) is 1.95. The molecule has 0 unspecified atom stereocenters. The van der Waals surface area contributed by atoms with Gasteiger partial charge < -0.3 is 24.8 Å². The summed E-state index contributed by atoms with van der Waals surface area (Å²) in [6.45, 7) is 9.87. The number of fused-ring (bicyclic) bond motifs is 1. The van der Waals surface area contributed by atoms with Crippen molar-refractivity contribution in [3.8, 4) is 11.5 Å². The Balaban J connectivity index is 1.52. The topological polar surface area (TPSA) is 67.4 Å². The fraction of sp³-hybridized carbons (Fsp3) is 0.632. The van der Waals surface area contributed by atoms with Crippen molar-refractivity contribution in [3.05, 3.63) is 18.2 Å². The number of hydrogen-bond donors (Lipinski definition) is 2. The molecule has 0 atom stereocenters. The minimum atomic E-state index is 0.687. The Bertz CT molecular complexity index is 588. The van der Waals surface area contributed by atoms with Crippen LogP contribution in [-0.2, 0) is 4.74 Å². The van der Waals surface area contributed by atoms with E-state index < -0.39 is 0 Å². The van der Waals surface area contributed by atoms with Gasteiger partial charge in [0.05, 0.1) is 26.4 Å². The van der Waals surface area contributed by atoms with Gasteiger partial charge in [0.25, 0.3) is 0 Å². The molecule has 0 aromatic heterocycles. The Kier molecular flexibility index (Phi) is 7.39. The second-order valence-corrected chi connectivity index (χ2v) is 6.41. The van der Waals surface area contributed by atoms with Gasteiger partial charge in [-0.05, 0) is 25.5 Å². The van der Waals surface area contributed by atoms with Crippen LogP contribution < -0.4 is 20.1 Å². The molecule has 0 saturated carbocycles. The Morgan fingerprint density at radius 1 is 1.12 bits per heavy atom. The maximum atomic E-state index is 5.76. The number of rotatable bonds is 6. The number of guanidine groups is 1. The first-order chi connectivity index (χ1) is 12.8. The zero-order valence-corrected chi connectivity index (χ0v) is 15.6. The molecule has 144 valence electrons. The molecule has 26 heavy (non-hydrogen) atoms. The van der Waals surface area contributed by atoms with Crippen LogP contribution >= 0.6 is 0 Å². The molecule has 0 radical (unpaired) electrons. The number of morpholine rings is 1. The van der Waals surface area contributed by atoms with E-state index in [1.807, 2.05) is 18.2 Å². The first kappa shape index (κ1) is 18.8. The molecule has 2 aliphatic heterocycles. The van der Waals surface area contributed by atoms with E-state index in [0.717, 1.165) is 81.9 Å². The molecule has 0 aliphatic carbocycles. The highest BCUT2D eigenvalue weighted by Gasteiger charge is 2.12. The van der Waals surface area contributed by atoms with Crippen molar-refractivity contribution in [3.63, 3.8) is 0 Å². The van der Waals surface area contributed by atoms with Gasteiger partial charge in [-0.25, -0.2) is 0 Å². The summed E-state index contributed by atoms with van der Waals surface area (Å²) in [4.78, 5) is 7.12. The van der Waals surface area contributed by atoms with Crippen LogP contribution in [0.4, 0.5) is 5.69 Å². The van der Waals surface area contributed by atoms with Gasteiger partial charge in [-0.1, -0.05) is 0 Å². The summed E-state index contributed by atoms with van der Waals surface area (Å²) in [5, 5.41) is 6.65. The van der Waals surface area contributed by atoms with Gasteiger partial charge in [0.15, 0.2) is 17.5 Å². The van der Waals surface area contributed by atoms with E-state index in [1.165, 1.54) is 0 Å². The van der Waals surface area contributed by atoms with Crippen molar-refractivity contribution < 1.29 is 14.2 Å². The second-order valence-electron chi connectivity index (χ2n) is 6.41. The molecule has 1 aromatic carbocycles. The highest BCUT2D eigenvalue weighted by Crippen LogP contribution is 2.32. The summed E-state index contributed by atoms with van der Waals surface area (Å²) in [7, 11) is 0. The van der Waals surface area contributed by atoms with E-state index in [0.29, 0.717) is 13.2 Å². The van der Waals surface area contributed by atoms with Crippen molar-refractivity contribution >= 4 is 11.6 Å². The number of nitrogens with zero attached hydrogens (tertiary/aromatic N) is 2. The average molecular weight is 362 g/mol. The van der Waals surface area contributed by atoms with Crippen molar-refractivity contribution in [2.24, 2.45) is 4.99 Å². The maximum absolute atomic E-state index is 5.76. The molecule has 7 heteroatoms. The third-order valence-corrected chi connectivity index (χ3v) is 4.36. The van der Waals surface area contributed by atoms with E-state index in [2.05, 4.69) is 27.4 Å². The number of hydrogen-bond acceptors (Lipinski definition) is 5. The molecule has 0 amide bonds. The van der Waals surface area contributed by atoms with Crippen LogP contribution in [0.25, 0.3) is 0 Å². The molecule has 3 rings (SSSR count). The number of benzene rings is 1. The summed E-state index contributed by atoms with van der Waals surface area (Å²) in [6.07, 6.45) is 1.95. The van der Waals surface area contributed by atoms with Crippen LogP contribution in [0.5, 0.6) is 11.5 Å². The zero-order chi connectivity index (χ0) is 18.0. The smallest absolute Gasteiger partial charge is 0.195 e. The second kappa shape index (κ2) is 10.2. The fourth-order valence-electron chi connectivity index (χ4n) is 2.99. The largest absolute Gasteiger partial charge is 0.490 e. The standard InChI is InChI=1S/C19H30N4O3/c1-2-20-19(21-7-3-8-23-9-13-24-14-10-23)22-16-5-6-17-18(15-16)26-12-4-11-25-17/h5-6,15H,2-4,7-14H2,1H3,(H2,20,21,22). The normalized spacial score (nSPS) is 18.3. The highest BCUT2D eigenvalue weighted by atomic mass is 16.5. The van der Waals surface area contributed by atoms with Gasteiger partial charge in [0, 0.05) is 50.9 Å². The van der Waals surface area contributed by atoms with E-state index in [1.54, 1.807) is 0 Å². The van der Waals surface area contributed by atoms with E-state index >= 15 is 0 Å². The molecular weight excluding hydrogens is 332 g/mol. The van der Waals surface area contributed by atoms with Gasteiger partial charge in [0.2, 0.25) is 0 Å². The molecule has 1 fully saturated rings. The van der Waals surface area contributed by atoms with Gasteiger partial charge in [-0.3, -0.25) is 9.89 Å². The van der Waals surface area contributed by atoms with E-state index in [9.17, 15) is 0 Å². The van der Waals surface area contributed by atoms with Gasteiger partial charge in [-0.2, -0.15) is 0 Å². The van der Waals surface area contributed by atoms with E-state index in [4.69, 9.17) is 14.2 Å². The van der Waals surface area contributed by atoms with Crippen molar-refractivity contribution in [1.29, 1.82) is 0 Å². The van der Waals surface area contributed by atoms with E-state index in [-0.39, 0.29) is 0 Å². The molecule has 2 aliphatic rings. The number of ether oxygens (including phenoxy) is 3. The van der Waals surface area contributed by atoms with Crippen LogP contribution in [0.2, 0.25) is 0 Å². The van der Waals surface area contributed by atoms with Gasteiger partial charge >= 0.3 is 0 Å². The Hall–Kier alpha value is -1.99. The fourth-order valence-corrected chi connectivity index (χ4v) is 2.99. The number of anilines is 1. The summed E-state index contributed by atoms with van der Waals surface area (Å²) < 4.78 is 16.8. The maximum Gasteiger partial charge on any atom is 0.195 e. The monoisotopic (exact) mass is 362 g/mol. The van der Waals surface area contributed by atoms with Crippen LogP contribution in [0.3, 0.4) is 0 Å². The summed E-state index contributed by atoms with van der Waals surface area (Å²) in [5.74, 6) is 2.39. The van der Waals surface area contributed by atoms with Gasteiger partial charge in [0.1, 0.15) is 0 Å². The summed E-state index contributed by atoms with van der Waals surface area (Å²) in [6, 6.07) is 5.92.